The van der Waals surface area contributed by atoms with Crippen LogP contribution in [0, 0.1) is 0 Å². The van der Waals surface area contributed by atoms with E-state index >= 15 is 0 Å². The van der Waals surface area contributed by atoms with Gasteiger partial charge in [0.15, 0.2) is 0 Å². The van der Waals surface area contributed by atoms with Gasteiger partial charge >= 0.3 is 0 Å². The summed E-state index contributed by atoms with van der Waals surface area (Å²) in [5.41, 5.74) is 0.486. The Hall–Kier alpha value is -0.740. The van der Waals surface area contributed by atoms with Crippen LogP contribution in [-0.4, -0.2) is 25.8 Å². The normalized spacial score (nSPS) is 10.0. The zero-order valence-electron chi connectivity index (χ0n) is 8.74. The van der Waals surface area contributed by atoms with E-state index in [-0.39, 0.29) is 0 Å². The molecule has 0 saturated carbocycles. The molecule has 15 heavy (non-hydrogen) atoms. The monoisotopic (exact) mass is 274 g/mol. The second kappa shape index (κ2) is 7.54. The molecule has 3 nitrogen and oxygen atoms in total. The Labute approximate surface area is 98.5 Å². The van der Waals surface area contributed by atoms with E-state index in [1.54, 1.807) is 7.11 Å². The molecule has 0 radical (unpaired) electrons. The third-order valence-electron chi connectivity index (χ3n) is 1.79. The third kappa shape index (κ3) is 5.04. The zero-order chi connectivity index (χ0) is 10.9. The van der Waals surface area contributed by atoms with Crippen molar-refractivity contribution >= 4 is 15.9 Å². The summed E-state index contributed by atoms with van der Waals surface area (Å²) in [6, 6.07) is 7.58. The molecule has 1 aromatic rings. The van der Waals surface area contributed by atoms with Crippen molar-refractivity contribution in [2.75, 3.05) is 25.8 Å². The van der Waals surface area contributed by atoms with Crippen molar-refractivity contribution in [1.82, 2.24) is 0 Å². The third-order valence-corrected chi connectivity index (χ3v) is 2.02. The van der Waals surface area contributed by atoms with E-state index in [9.17, 15) is 0 Å². The van der Waals surface area contributed by atoms with Gasteiger partial charge in [-0.15, -0.1) is 0 Å². The minimum atomic E-state index is 0.486. The Balaban J connectivity index is 2.36. The molecule has 0 spiro atoms. The quantitative estimate of drug-likeness (QED) is 0.565. The van der Waals surface area contributed by atoms with Crippen LogP contribution in [0.3, 0.4) is 0 Å². The number of alkyl halides is 1. The Morgan fingerprint density at radius 2 is 1.87 bits per heavy atom. The molecule has 1 rings (SSSR count). The molecule has 0 unspecified atom stereocenters. The van der Waals surface area contributed by atoms with E-state index in [1.807, 2.05) is 24.3 Å². The molecule has 0 aliphatic heterocycles. The lowest BCUT2D eigenvalue weighted by Gasteiger charge is -2.07. The fourth-order valence-electron chi connectivity index (χ4n) is 1.11. The van der Waals surface area contributed by atoms with E-state index in [0.717, 1.165) is 24.5 Å². The summed E-state index contributed by atoms with van der Waals surface area (Å²) < 4.78 is 15.7. The zero-order valence-corrected chi connectivity index (χ0v) is 10.3. The Morgan fingerprint density at radius 1 is 1.13 bits per heavy atom. The largest absolute Gasteiger partial charge is 0.493 e. The maximum Gasteiger partial charge on any atom is 0.143 e. The van der Waals surface area contributed by atoms with Crippen LogP contribution >= 0.6 is 15.9 Å². The highest BCUT2D eigenvalue weighted by Crippen LogP contribution is 2.19. The van der Waals surface area contributed by atoms with Gasteiger partial charge in [-0.3, -0.25) is 0 Å². The maximum absolute atomic E-state index is 5.52. The summed E-state index contributed by atoms with van der Waals surface area (Å²) in [4.78, 5) is 0. The van der Waals surface area contributed by atoms with Crippen molar-refractivity contribution in [2.24, 2.45) is 0 Å². The molecular weight excluding hydrogens is 260 g/mol. The van der Waals surface area contributed by atoms with Gasteiger partial charge in [0.25, 0.3) is 0 Å². The van der Waals surface area contributed by atoms with Crippen molar-refractivity contribution < 1.29 is 14.2 Å². The fraction of sp³-hybridized carbons (Fsp3) is 0.455. The first-order chi connectivity index (χ1) is 7.36. The van der Waals surface area contributed by atoms with Crippen LogP contribution in [0.5, 0.6) is 11.5 Å². The SMILES string of the molecule is COCCCOc1cccc(OCBr)c1. The minimum absolute atomic E-state index is 0.486. The lowest BCUT2D eigenvalue weighted by Crippen LogP contribution is -2.01. The van der Waals surface area contributed by atoms with Gasteiger partial charge in [0.1, 0.15) is 17.0 Å². The number of hydrogen-bond donors (Lipinski definition) is 0. The molecule has 0 aliphatic rings. The number of benzene rings is 1. The summed E-state index contributed by atoms with van der Waals surface area (Å²) in [5, 5.41) is 0. The molecule has 84 valence electrons. The minimum Gasteiger partial charge on any atom is -0.493 e. The number of ether oxygens (including phenoxy) is 3. The van der Waals surface area contributed by atoms with Gasteiger partial charge < -0.3 is 14.2 Å². The molecule has 0 fully saturated rings. The van der Waals surface area contributed by atoms with E-state index in [0.29, 0.717) is 12.1 Å². The highest BCUT2D eigenvalue weighted by atomic mass is 79.9. The number of rotatable bonds is 7. The average molecular weight is 275 g/mol. The summed E-state index contributed by atoms with van der Waals surface area (Å²) in [6.07, 6.45) is 0.889. The lowest BCUT2D eigenvalue weighted by atomic mass is 10.3. The summed E-state index contributed by atoms with van der Waals surface area (Å²) in [6.45, 7) is 1.38. The summed E-state index contributed by atoms with van der Waals surface area (Å²) in [7, 11) is 1.68. The first-order valence-electron chi connectivity index (χ1n) is 4.77. The van der Waals surface area contributed by atoms with Gasteiger partial charge in [-0.25, -0.2) is 0 Å². The highest BCUT2D eigenvalue weighted by molar-refractivity contribution is 9.09. The van der Waals surface area contributed by atoms with Crippen LogP contribution in [0.15, 0.2) is 24.3 Å². The maximum atomic E-state index is 5.52. The number of methoxy groups -OCH3 is 1. The van der Waals surface area contributed by atoms with Gasteiger partial charge in [0, 0.05) is 26.2 Å². The molecule has 0 aliphatic carbocycles. The van der Waals surface area contributed by atoms with Crippen LogP contribution in [-0.2, 0) is 4.74 Å². The first kappa shape index (κ1) is 12.3. The van der Waals surface area contributed by atoms with Crippen LogP contribution < -0.4 is 9.47 Å². The summed E-state index contributed by atoms with van der Waals surface area (Å²) in [5.74, 6) is 1.63. The predicted octanol–water partition coefficient (Wildman–Crippen LogP) is 2.83. The molecule has 0 bridgehead atoms. The van der Waals surface area contributed by atoms with E-state index < -0.39 is 0 Å². The first-order valence-corrected chi connectivity index (χ1v) is 5.89. The van der Waals surface area contributed by atoms with Crippen molar-refractivity contribution in [3.05, 3.63) is 24.3 Å². The molecule has 4 heteroatoms. The van der Waals surface area contributed by atoms with E-state index in [2.05, 4.69) is 15.9 Å². The summed E-state index contributed by atoms with van der Waals surface area (Å²) >= 11 is 3.20. The fourth-order valence-corrected chi connectivity index (χ4v) is 1.37. The smallest absolute Gasteiger partial charge is 0.143 e. The Bertz CT molecular complexity index is 278. The van der Waals surface area contributed by atoms with Crippen LogP contribution in [0.25, 0.3) is 0 Å². The van der Waals surface area contributed by atoms with Crippen LogP contribution in [0.1, 0.15) is 6.42 Å². The topological polar surface area (TPSA) is 27.7 Å². The van der Waals surface area contributed by atoms with Gasteiger partial charge in [-0.05, 0) is 28.1 Å². The van der Waals surface area contributed by atoms with Gasteiger partial charge in [0.2, 0.25) is 0 Å². The molecular formula is C11H15BrO3. The predicted molar refractivity (Wildman–Crippen MR) is 62.9 cm³/mol. The van der Waals surface area contributed by atoms with Crippen molar-refractivity contribution in [1.29, 1.82) is 0 Å². The second-order valence-electron chi connectivity index (χ2n) is 2.92. The van der Waals surface area contributed by atoms with E-state index in [4.69, 9.17) is 14.2 Å². The second-order valence-corrected chi connectivity index (χ2v) is 3.38. The van der Waals surface area contributed by atoms with Crippen molar-refractivity contribution in [2.45, 2.75) is 6.42 Å². The standard InChI is InChI=1S/C11H15BrO3/c1-13-6-3-7-14-10-4-2-5-11(8-10)15-9-12/h2,4-5,8H,3,6-7,9H2,1H3. The molecule has 0 aromatic heterocycles. The number of hydrogen-bond acceptors (Lipinski definition) is 3. The average Bonchev–Trinajstić information content (AvgIpc) is 2.26. The van der Waals surface area contributed by atoms with Gasteiger partial charge in [-0.2, -0.15) is 0 Å². The molecule has 0 saturated heterocycles. The molecule has 0 amide bonds. The Kier molecular flexibility index (Phi) is 6.20. The molecule has 0 atom stereocenters. The van der Waals surface area contributed by atoms with Gasteiger partial charge in [-0.1, -0.05) is 6.07 Å². The lowest BCUT2D eigenvalue weighted by molar-refractivity contribution is 0.172. The van der Waals surface area contributed by atoms with Crippen molar-refractivity contribution in [3.63, 3.8) is 0 Å². The number of halogens is 1. The highest BCUT2D eigenvalue weighted by Gasteiger charge is 1.97. The van der Waals surface area contributed by atoms with Gasteiger partial charge in [0.05, 0.1) is 6.61 Å². The van der Waals surface area contributed by atoms with Crippen LogP contribution in [0.2, 0.25) is 0 Å². The Morgan fingerprint density at radius 3 is 2.53 bits per heavy atom. The van der Waals surface area contributed by atoms with E-state index in [1.165, 1.54) is 0 Å². The molecule has 0 heterocycles. The molecule has 1 aromatic carbocycles. The van der Waals surface area contributed by atoms with Crippen molar-refractivity contribution in [3.8, 4) is 11.5 Å². The van der Waals surface area contributed by atoms with Crippen LogP contribution in [0.4, 0.5) is 0 Å². The molecule has 0 N–H and O–H groups in total.